The van der Waals surface area contributed by atoms with E-state index in [1.807, 2.05) is 0 Å². The summed E-state index contributed by atoms with van der Waals surface area (Å²) in [6.45, 7) is 3.75. The van der Waals surface area contributed by atoms with Crippen LogP contribution in [-0.4, -0.2) is 31.3 Å². The number of hydrogen-bond acceptors (Lipinski definition) is 4. The summed E-state index contributed by atoms with van der Waals surface area (Å²) >= 11 is 6.45. The first kappa shape index (κ1) is 19.7. The lowest BCUT2D eigenvalue weighted by Crippen LogP contribution is -2.53. The second-order valence-electron chi connectivity index (χ2n) is 5.61. The van der Waals surface area contributed by atoms with E-state index in [1.54, 1.807) is 0 Å². The van der Waals surface area contributed by atoms with Crippen molar-refractivity contribution < 1.29 is 26.7 Å². The molecule has 22 heavy (non-hydrogen) atoms. The van der Waals surface area contributed by atoms with Crippen molar-refractivity contribution in [2.24, 2.45) is 5.92 Å². The molecule has 0 aliphatic heterocycles. The highest BCUT2D eigenvalue weighted by Crippen LogP contribution is 2.32. The molecule has 0 saturated carbocycles. The second-order valence-corrected chi connectivity index (χ2v) is 9.26. The fraction of sp³-hybridized carbons (Fsp3) is 0.667. The third-order valence-electron chi connectivity index (χ3n) is 2.98. The summed E-state index contributed by atoms with van der Waals surface area (Å²) in [5, 5.41) is 10.0. The van der Waals surface area contributed by atoms with Gasteiger partial charge >= 0.3 is 6.18 Å². The number of aliphatic hydroxyl groups is 1. The van der Waals surface area contributed by atoms with Gasteiger partial charge in [-0.3, -0.25) is 0 Å². The van der Waals surface area contributed by atoms with Gasteiger partial charge in [-0.15, -0.1) is 11.3 Å². The van der Waals surface area contributed by atoms with Gasteiger partial charge in [0.1, 0.15) is 4.21 Å². The number of rotatable bonds is 6. The average molecular weight is 380 g/mol. The van der Waals surface area contributed by atoms with E-state index in [4.69, 9.17) is 11.6 Å². The molecule has 0 amide bonds. The number of sulfonamides is 1. The van der Waals surface area contributed by atoms with Gasteiger partial charge in [-0.25, -0.2) is 13.1 Å². The minimum absolute atomic E-state index is 0.119. The SMILES string of the molecule is CC(CC(F)(F)F)C(NS(=O)(=O)c1ccc(Cl)s1)C(C)(C)O. The molecule has 1 heterocycles. The smallest absolute Gasteiger partial charge is 0.389 e. The normalized spacial score (nSPS) is 16.5. The van der Waals surface area contributed by atoms with Gasteiger partial charge < -0.3 is 5.11 Å². The highest BCUT2D eigenvalue weighted by molar-refractivity contribution is 7.91. The van der Waals surface area contributed by atoms with Gasteiger partial charge in [0.05, 0.1) is 16.0 Å². The third kappa shape index (κ3) is 5.69. The van der Waals surface area contributed by atoms with Crippen LogP contribution in [0.25, 0.3) is 0 Å². The number of alkyl halides is 3. The summed E-state index contributed by atoms with van der Waals surface area (Å²) in [6.07, 6.45) is -5.67. The molecular formula is C12H17ClF3NO3S2. The molecule has 2 atom stereocenters. The van der Waals surface area contributed by atoms with Crippen molar-refractivity contribution in [1.82, 2.24) is 4.72 Å². The Labute approximate surface area is 136 Å². The highest BCUT2D eigenvalue weighted by Gasteiger charge is 2.41. The number of halogens is 4. The summed E-state index contributed by atoms with van der Waals surface area (Å²) in [5.74, 6) is -1.15. The van der Waals surface area contributed by atoms with Crippen molar-refractivity contribution >= 4 is 33.0 Å². The Hall–Kier alpha value is -0.350. The van der Waals surface area contributed by atoms with E-state index in [1.165, 1.54) is 32.9 Å². The van der Waals surface area contributed by atoms with E-state index in [2.05, 4.69) is 4.72 Å². The molecule has 0 aliphatic carbocycles. The largest absolute Gasteiger partial charge is 0.389 e. The van der Waals surface area contributed by atoms with E-state index in [-0.39, 0.29) is 8.55 Å². The van der Waals surface area contributed by atoms with E-state index >= 15 is 0 Å². The van der Waals surface area contributed by atoms with Gasteiger partial charge in [-0.2, -0.15) is 13.2 Å². The van der Waals surface area contributed by atoms with Crippen LogP contribution in [0.5, 0.6) is 0 Å². The third-order valence-corrected chi connectivity index (χ3v) is 6.14. The lowest BCUT2D eigenvalue weighted by atomic mass is 9.87. The molecule has 0 bridgehead atoms. The zero-order chi connectivity index (χ0) is 17.3. The second kappa shape index (κ2) is 6.64. The van der Waals surface area contributed by atoms with Crippen LogP contribution in [0.2, 0.25) is 4.34 Å². The molecular weight excluding hydrogens is 363 g/mol. The summed E-state index contributed by atoms with van der Waals surface area (Å²) in [5.41, 5.74) is -1.67. The van der Waals surface area contributed by atoms with E-state index in [9.17, 15) is 26.7 Å². The Balaban J connectivity index is 3.05. The van der Waals surface area contributed by atoms with Gasteiger partial charge in [0, 0.05) is 6.42 Å². The molecule has 2 N–H and O–H groups in total. The van der Waals surface area contributed by atoms with Crippen LogP contribution in [0.3, 0.4) is 0 Å². The maximum absolute atomic E-state index is 12.5. The molecule has 1 aromatic rings. The Bertz CT molecular complexity index is 608. The van der Waals surface area contributed by atoms with Crippen LogP contribution in [0.4, 0.5) is 13.2 Å². The van der Waals surface area contributed by atoms with Crippen LogP contribution < -0.4 is 4.72 Å². The van der Waals surface area contributed by atoms with Crippen molar-refractivity contribution in [3.63, 3.8) is 0 Å². The number of nitrogens with one attached hydrogen (secondary N) is 1. The van der Waals surface area contributed by atoms with Gasteiger partial charge in [0.25, 0.3) is 0 Å². The summed E-state index contributed by atoms with van der Waals surface area (Å²) in [4.78, 5) is 0. The molecule has 0 aromatic carbocycles. The molecule has 0 aliphatic rings. The van der Waals surface area contributed by atoms with Crippen LogP contribution >= 0.6 is 22.9 Å². The molecule has 128 valence electrons. The van der Waals surface area contributed by atoms with Crippen LogP contribution in [-0.2, 0) is 10.0 Å². The molecule has 1 aromatic heterocycles. The fourth-order valence-corrected chi connectivity index (χ4v) is 5.09. The zero-order valence-corrected chi connectivity index (χ0v) is 14.5. The van der Waals surface area contributed by atoms with Gasteiger partial charge in [-0.1, -0.05) is 18.5 Å². The fourth-order valence-electron chi connectivity index (χ4n) is 2.11. The zero-order valence-electron chi connectivity index (χ0n) is 12.1. The van der Waals surface area contributed by atoms with Gasteiger partial charge in [0.15, 0.2) is 0 Å². The highest BCUT2D eigenvalue weighted by atomic mass is 35.5. The van der Waals surface area contributed by atoms with E-state index < -0.39 is 40.2 Å². The van der Waals surface area contributed by atoms with Crippen molar-refractivity contribution in [2.45, 2.75) is 49.2 Å². The average Bonchev–Trinajstić information content (AvgIpc) is 2.69. The quantitative estimate of drug-likeness (QED) is 0.796. The lowest BCUT2D eigenvalue weighted by molar-refractivity contribution is -0.149. The minimum Gasteiger partial charge on any atom is -0.389 e. The molecule has 1 rings (SSSR count). The van der Waals surface area contributed by atoms with Crippen molar-refractivity contribution in [2.75, 3.05) is 0 Å². The van der Waals surface area contributed by atoms with E-state index in [0.29, 0.717) is 0 Å². The summed E-state index contributed by atoms with van der Waals surface area (Å²) in [7, 11) is -4.07. The Morgan fingerprint density at radius 1 is 1.36 bits per heavy atom. The lowest BCUT2D eigenvalue weighted by Gasteiger charge is -2.34. The Kier molecular flexibility index (Phi) is 5.95. The molecule has 0 radical (unpaired) electrons. The van der Waals surface area contributed by atoms with Crippen molar-refractivity contribution in [3.8, 4) is 0 Å². The van der Waals surface area contributed by atoms with Gasteiger partial charge in [-0.05, 0) is 31.9 Å². The number of hydrogen-bond donors (Lipinski definition) is 2. The molecule has 2 unspecified atom stereocenters. The molecule has 0 saturated heterocycles. The molecule has 10 heteroatoms. The Morgan fingerprint density at radius 3 is 2.27 bits per heavy atom. The predicted octanol–water partition coefficient (Wildman–Crippen LogP) is 3.41. The summed E-state index contributed by atoms with van der Waals surface area (Å²) < 4.78 is 64.3. The summed E-state index contributed by atoms with van der Waals surface area (Å²) in [6, 6.07) is 1.32. The minimum atomic E-state index is -4.46. The maximum Gasteiger partial charge on any atom is 0.389 e. The van der Waals surface area contributed by atoms with Crippen LogP contribution in [0.1, 0.15) is 27.2 Å². The predicted molar refractivity (Wildman–Crippen MR) is 79.6 cm³/mol. The Morgan fingerprint density at radius 2 is 1.91 bits per heavy atom. The van der Waals surface area contributed by atoms with E-state index in [0.717, 1.165) is 11.3 Å². The molecule has 4 nitrogen and oxygen atoms in total. The van der Waals surface area contributed by atoms with Crippen LogP contribution in [0, 0.1) is 5.92 Å². The van der Waals surface area contributed by atoms with Crippen LogP contribution in [0.15, 0.2) is 16.3 Å². The topological polar surface area (TPSA) is 66.4 Å². The number of thiophene rings is 1. The maximum atomic E-state index is 12.5. The standard InChI is InChI=1S/C12H17ClF3NO3S2/c1-7(6-12(14,15)16)10(11(2,3)18)17-22(19,20)9-5-4-8(13)21-9/h4-5,7,10,17-18H,6H2,1-3H3. The monoisotopic (exact) mass is 379 g/mol. The first-order valence-electron chi connectivity index (χ1n) is 6.29. The first-order valence-corrected chi connectivity index (χ1v) is 8.97. The first-order chi connectivity index (χ1) is 9.72. The molecule has 0 spiro atoms. The van der Waals surface area contributed by atoms with Gasteiger partial charge in [0.2, 0.25) is 10.0 Å². The van der Waals surface area contributed by atoms with Crippen molar-refractivity contribution in [3.05, 3.63) is 16.5 Å². The van der Waals surface area contributed by atoms with Crippen molar-refractivity contribution in [1.29, 1.82) is 0 Å². The molecule has 0 fully saturated rings.